The highest BCUT2D eigenvalue weighted by Crippen LogP contribution is 2.32. The van der Waals surface area contributed by atoms with Crippen molar-refractivity contribution in [3.8, 4) is 0 Å². The molecule has 2 heterocycles. The van der Waals surface area contributed by atoms with Crippen molar-refractivity contribution in [3.63, 3.8) is 0 Å². The Morgan fingerprint density at radius 1 is 1.26 bits per heavy atom. The normalized spacial score (nSPS) is 31.2. The molecule has 34 heavy (non-hydrogen) atoms. The molecule has 8 heteroatoms. The number of carbonyl (C=O) groups is 2. The zero-order valence-electron chi connectivity index (χ0n) is 21.1. The lowest BCUT2D eigenvalue weighted by atomic mass is 9.73. The van der Waals surface area contributed by atoms with Gasteiger partial charge in [-0.05, 0) is 37.7 Å². The SMILES string of the molecule is C/C(=C\c1csc(C)[n+]1[O-])[C@@H]1C/C=C\CCC[C@H](C)[C@H](O)[C@@H](C)C(=O)C(C)(C)[C@@H](O)CC(=O)O1. The van der Waals surface area contributed by atoms with Gasteiger partial charge in [0, 0.05) is 25.3 Å². The molecule has 0 spiro atoms. The second-order valence-electron chi connectivity index (χ2n) is 10.0. The van der Waals surface area contributed by atoms with Crippen LogP contribution in [0.15, 0.2) is 23.1 Å². The van der Waals surface area contributed by atoms with Crippen molar-refractivity contribution in [3.05, 3.63) is 39.0 Å². The molecule has 0 bridgehead atoms. The van der Waals surface area contributed by atoms with Gasteiger partial charge in [0.05, 0.1) is 29.4 Å². The first-order valence-corrected chi connectivity index (χ1v) is 12.8. The predicted molar refractivity (Wildman–Crippen MR) is 133 cm³/mol. The standard InChI is InChI=1S/C26H39NO6S/c1-16-11-9-7-8-10-12-21(17(2)13-20-15-34-19(4)27(20)32)33-23(29)14-22(28)26(5,6)25(31)18(3)24(16)30/h8,10,13,15-16,18,21-22,24,28,30H,7,9,11-12,14H2,1-6H3/b10-8-,17-13+/t16-,18+,21-,22-,24-/m0/s1. The summed E-state index contributed by atoms with van der Waals surface area (Å²) in [4.78, 5) is 25.9. The third-order valence-electron chi connectivity index (χ3n) is 6.91. The van der Waals surface area contributed by atoms with E-state index in [0.717, 1.165) is 29.6 Å². The third-order valence-corrected chi connectivity index (χ3v) is 7.78. The number of ether oxygens (including phenoxy) is 1. The van der Waals surface area contributed by atoms with Crippen molar-refractivity contribution in [1.29, 1.82) is 0 Å². The number of aromatic nitrogens is 1. The molecule has 0 aliphatic carbocycles. The van der Waals surface area contributed by atoms with Gasteiger partial charge < -0.3 is 20.2 Å². The van der Waals surface area contributed by atoms with Crippen LogP contribution in [0.2, 0.25) is 0 Å². The summed E-state index contributed by atoms with van der Waals surface area (Å²) >= 11 is 1.35. The van der Waals surface area contributed by atoms with Crippen molar-refractivity contribution in [2.75, 3.05) is 0 Å². The zero-order valence-corrected chi connectivity index (χ0v) is 21.9. The minimum absolute atomic E-state index is 0.0658. The average molecular weight is 494 g/mol. The Labute approximate surface area is 206 Å². The predicted octanol–water partition coefficient (Wildman–Crippen LogP) is 4.11. The Kier molecular flexibility index (Phi) is 10.0. The van der Waals surface area contributed by atoms with E-state index in [1.807, 2.05) is 26.0 Å². The first-order valence-electron chi connectivity index (χ1n) is 12.0. The lowest BCUT2D eigenvalue weighted by Gasteiger charge is -2.34. The summed E-state index contributed by atoms with van der Waals surface area (Å²) in [5.74, 6) is -1.63. The number of hydrogen-bond donors (Lipinski definition) is 2. The largest absolute Gasteiger partial charge is 0.617 e. The number of cyclic esters (lactones) is 1. The maximum absolute atomic E-state index is 13.1. The van der Waals surface area contributed by atoms with Gasteiger partial charge in [-0.3, -0.25) is 9.59 Å². The highest BCUT2D eigenvalue weighted by atomic mass is 32.1. The fraction of sp³-hybridized carbons (Fsp3) is 0.654. The molecule has 0 saturated heterocycles. The topological polar surface area (TPSA) is 111 Å². The van der Waals surface area contributed by atoms with Gasteiger partial charge in [-0.15, -0.1) is 0 Å². The van der Waals surface area contributed by atoms with Gasteiger partial charge in [-0.25, -0.2) is 0 Å². The van der Waals surface area contributed by atoms with Crippen LogP contribution in [-0.2, 0) is 14.3 Å². The Morgan fingerprint density at radius 3 is 2.56 bits per heavy atom. The highest BCUT2D eigenvalue weighted by Gasteiger charge is 2.42. The number of hydrogen-bond acceptors (Lipinski definition) is 7. The lowest BCUT2D eigenvalue weighted by molar-refractivity contribution is -0.608. The molecule has 0 fully saturated rings. The number of aliphatic hydroxyl groups is 2. The second kappa shape index (κ2) is 12.1. The van der Waals surface area contributed by atoms with Gasteiger partial charge in [0.25, 0.3) is 0 Å². The summed E-state index contributed by atoms with van der Waals surface area (Å²) in [5, 5.41) is 36.0. The minimum Gasteiger partial charge on any atom is -0.617 e. The molecule has 0 aromatic carbocycles. The number of esters is 1. The van der Waals surface area contributed by atoms with Crippen LogP contribution in [0, 0.1) is 29.4 Å². The molecule has 1 aliphatic heterocycles. The van der Waals surface area contributed by atoms with E-state index in [9.17, 15) is 25.0 Å². The van der Waals surface area contributed by atoms with Crippen LogP contribution in [0.3, 0.4) is 0 Å². The second-order valence-corrected chi connectivity index (χ2v) is 11.1. The van der Waals surface area contributed by atoms with Crippen molar-refractivity contribution >= 4 is 29.2 Å². The van der Waals surface area contributed by atoms with Gasteiger partial charge >= 0.3 is 5.97 Å². The van der Waals surface area contributed by atoms with Crippen LogP contribution >= 0.6 is 11.3 Å². The van der Waals surface area contributed by atoms with Gasteiger partial charge in [0.1, 0.15) is 11.9 Å². The van der Waals surface area contributed by atoms with E-state index in [2.05, 4.69) is 0 Å². The highest BCUT2D eigenvalue weighted by molar-refractivity contribution is 7.09. The summed E-state index contributed by atoms with van der Waals surface area (Å²) in [6.45, 7) is 10.4. The van der Waals surface area contributed by atoms with Crippen LogP contribution < -0.4 is 4.73 Å². The monoisotopic (exact) mass is 493 g/mol. The Morgan fingerprint density at radius 2 is 1.94 bits per heavy atom. The third kappa shape index (κ3) is 6.99. The van der Waals surface area contributed by atoms with Crippen LogP contribution in [0.5, 0.6) is 0 Å². The minimum atomic E-state index is -1.26. The number of thiazole rings is 1. The molecule has 0 unspecified atom stereocenters. The molecule has 2 N–H and O–H groups in total. The van der Waals surface area contributed by atoms with Crippen LogP contribution in [0.1, 0.15) is 77.4 Å². The summed E-state index contributed by atoms with van der Waals surface area (Å²) in [5.41, 5.74) is -0.0177. The molecule has 0 amide bonds. The molecule has 1 aromatic heterocycles. The van der Waals surface area contributed by atoms with E-state index in [4.69, 9.17) is 4.74 Å². The lowest BCUT2D eigenvalue weighted by Crippen LogP contribution is -2.45. The number of ketones is 1. The van der Waals surface area contributed by atoms with Crippen LogP contribution in [0.4, 0.5) is 0 Å². The summed E-state index contributed by atoms with van der Waals surface area (Å²) in [6, 6.07) is 0. The molecule has 2 rings (SSSR count). The maximum Gasteiger partial charge on any atom is 0.309 e. The van der Waals surface area contributed by atoms with Gasteiger partial charge in [-0.1, -0.05) is 51.2 Å². The van der Waals surface area contributed by atoms with E-state index in [0.29, 0.717) is 17.1 Å². The fourth-order valence-corrected chi connectivity index (χ4v) is 4.91. The first-order chi connectivity index (χ1) is 15.9. The number of nitrogens with zero attached hydrogens (tertiary/aromatic N) is 1. The molecule has 1 aromatic rings. The summed E-state index contributed by atoms with van der Waals surface area (Å²) < 4.78 is 6.55. The number of Topliss-reactive ketones (excluding diaryl/α,β-unsaturated/α-hetero) is 1. The Bertz CT molecular complexity index is 918. The first kappa shape index (κ1) is 28.2. The van der Waals surface area contributed by atoms with Gasteiger partial charge in [0.15, 0.2) is 0 Å². The molecule has 1 aliphatic rings. The number of rotatable bonds is 2. The molecule has 5 atom stereocenters. The van der Waals surface area contributed by atoms with Crippen molar-refractivity contribution in [2.24, 2.45) is 17.3 Å². The van der Waals surface area contributed by atoms with Crippen LogP contribution in [-0.4, -0.2) is 40.3 Å². The molecular weight excluding hydrogens is 454 g/mol. The van der Waals surface area contributed by atoms with E-state index in [1.165, 1.54) is 11.3 Å². The molecule has 0 radical (unpaired) electrons. The van der Waals surface area contributed by atoms with Crippen LogP contribution in [0.25, 0.3) is 6.08 Å². The summed E-state index contributed by atoms with van der Waals surface area (Å²) in [6.07, 6.45) is 5.55. The van der Waals surface area contributed by atoms with Gasteiger partial charge in [0.2, 0.25) is 10.7 Å². The van der Waals surface area contributed by atoms with Crippen molar-refractivity contribution in [1.82, 2.24) is 0 Å². The number of aliphatic hydroxyl groups excluding tert-OH is 2. The van der Waals surface area contributed by atoms with E-state index >= 15 is 0 Å². The summed E-state index contributed by atoms with van der Waals surface area (Å²) in [7, 11) is 0. The molecule has 7 nitrogen and oxygen atoms in total. The average Bonchev–Trinajstić information content (AvgIpc) is 3.09. The fourth-order valence-electron chi connectivity index (χ4n) is 4.25. The molecule has 0 saturated carbocycles. The Hall–Kier alpha value is -2.03. The molecule has 190 valence electrons. The number of allylic oxidation sites excluding steroid dienone is 1. The van der Waals surface area contributed by atoms with Crippen molar-refractivity contribution < 1.29 is 29.3 Å². The number of aryl methyl sites for hydroxylation is 1. The van der Waals surface area contributed by atoms with E-state index < -0.39 is 35.6 Å². The van der Waals surface area contributed by atoms with E-state index in [1.54, 1.807) is 39.2 Å². The Balaban J connectivity index is 2.30. The smallest absolute Gasteiger partial charge is 0.309 e. The zero-order chi connectivity index (χ0) is 25.6. The van der Waals surface area contributed by atoms with E-state index in [-0.39, 0.29) is 18.1 Å². The van der Waals surface area contributed by atoms with Crippen molar-refractivity contribution in [2.45, 2.75) is 92.0 Å². The maximum atomic E-state index is 13.1. The quantitative estimate of drug-likeness (QED) is 0.278. The number of carbonyl (C=O) groups excluding carboxylic acids is 2. The van der Waals surface area contributed by atoms with Gasteiger partial charge in [-0.2, -0.15) is 4.73 Å². The molecular formula is C26H39NO6S.